The van der Waals surface area contributed by atoms with E-state index in [9.17, 15) is 0 Å². The number of halogens is 2. The topological polar surface area (TPSA) is 21.3 Å². The van der Waals surface area contributed by atoms with Crippen LogP contribution < -0.4 is 5.32 Å². The fourth-order valence-corrected chi connectivity index (χ4v) is 3.22. The Labute approximate surface area is 138 Å². The van der Waals surface area contributed by atoms with Gasteiger partial charge in [0.1, 0.15) is 0 Å². The molecule has 0 radical (unpaired) electrons. The molecule has 1 aliphatic rings. The molecular formula is C17H25Cl2NO. The van der Waals surface area contributed by atoms with Crippen molar-refractivity contribution in [3.05, 3.63) is 33.8 Å². The Bertz CT molecular complexity index is 433. The molecule has 1 aromatic carbocycles. The average Bonchev–Trinajstić information content (AvgIpc) is 2.51. The van der Waals surface area contributed by atoms with Crippen LogP contribution in [0, 0.1) is 0 Å². The summed E-state index contributed by atoms with van der Waals surface area (Å²) in [6.07, 6.45) is 7.95. The third kappa shape index (κ3) is 5.45. The summed E-state index contributed by atoms with van der Waals surface area (Å²) in [4.78, 5) is 0. The third-order valence-electron chi connectivity index (χ3n) is 4.15. The Hall–Kier alpha value is -0.280. The standard InChI is InChI=1S/C17H25Cl2NO/c1-2-17(13-8-9-15(18)16(19)12-13)20-10-11-21-14-6-4-3-5-7-14/h8-9,12,14,17,20H,2-7,10-11H2,1H3. The highest BCUT2D eigenvalue weighted by Gasteiger charge is 2.14. The average molecular weight is 330 g/mol. The zero-order valence-electron chi connectivity index (χ0n) is 12.7. The molecular weight excluding hydrogens is 305 g/mol. The van der Waals surface area contributed by atoms with Gasteiger partial charge in [-0.2, -0.15) is 0 Å². The molecule has 0 bridgehead atoms. The largest absolute Gasteiger partial charge is 0.377 e. The molecule has 4 heteroatoms. The molecule has 0 aliphatic heterocycles. The predicted molar refractivity (Wildman–Crippen MR) is 90.3 cm³/mol. The first-order valence-corrected chi connectivity index (χ1v) is 8.76. The molecule has 2 rings (SSSR count). The number of ether oxygens (including phenoxy) is 1. The lowest BCUT2D eigenvalue weighted by molar-refractivity contribution is 0.0293. The van der Waals surface area contributed by atoms with Crippen LogP contribution in [0.5, 0.6) is 0 Å². The van der Waals surface area contributed by atoms with E-state index in [1.807, 2.05) is 18.2 Å². The van der Waals surface area contributed by atoms with Crippen molar-refractivity contribution in [2.75, 3.05) is 13.2 Å². The molecule has 0 saturated heterocycles. The van der Waals surface area contributed by atoms with Crippen molar-refractivity contribution in [3.8, 4) is 0 Å². The predicted octanol–water partition coefficient (Wildman–Crippen LogP) is 5.38. The summed E-state index contributed by atoms with van der Waals surface area (Å²) < 4.78 is 5.95. The van der Waals surface area contributed by atoms with Crippen LogP contribution in [0.4, 0.5) is 0 Å². The van der Waals surface area contributed by atoms with Gasteiger partial charge in [-0.25, -0.2) is 0 Å². The van der Waals surface area contributed by atoms with Gasteiger partial charge in [0.05, 0.1) is 22.8 Å². The SMILES string of the molecule is CCC(NCCOC1CCCCC1)c1ccc(Cl)c(Cl)c1. The molecule has 1 fully saturated rings. The number of rotatable bonds is 7. The number of benzene rings is 1. The highest BCUT2D eigenvalue weighted by Crippen LogP contribution is 2.26. The highest BCUT2D eigenvalue weighted by atomic mass is 35.5. The maximum absolute atomic E-state index is 6.09. The second-order valence-corrected chi connectivity index (χ2v) is 6.53. The van der Waals surface area contributed by atoms with Crippen LogP contribution in [0.3, 0.4) is 0 Å². The molecule has 1 aromatic rings. The fourth-order valence-electron chi connectivity index (χ4n) is 2.92. The van der Waals surface area contributed by atoms with Gasteiger partial charge in [-0.05, 0) is 37.0 Å². The molecule has 1 N–H and O–H groups in total. The molecule has 1 unspecified atom stereocenters. The zero-order valence-corrected chi connectivity index (χ0v) is 14.2. The van der Waals surface area contributed by atoms with Crippen molar-refractivity contribution in [2.45, 2.75) is 57.6 Å². The molecule has 2 nitrogen and oxygen atoms in total. The normalized spacial score (nSPS) is 17.9. The molecule has 0 heterocycles. The Morgan fingerprint density at radius 1 is 1.19 bits per heavy atom. The summed E-state index contributed by atoms with van der Waals surface area (Å²) in [7, 11) is 0. The van der Waals surface area contributed by atoms with E-state index in [-0.39, 0.29) is 0 Å². The van der Waals surface area contributed by atoms with Gasteiger partial charge in [-0.3, -0.25) is 0 Å². The van der Waals surface area contributed by atoms with Gasteiger partial charge < -0.3 is 10.1 Å². The smallest absolute Gasteiger partial charge is 0.0595 e. The van der Waals surface area contributed by atoms with Gasteiger partial charge >= 0.3 is 0 Å². The van der Waals surface area contributed by atoms with Crippen LogP contribution >= 0.6 is 23.2 Å². The number of hydrogen-bond acceptors (Lipinski definition) is 2. The lowest BCUT2D eigenvalue weighted by Crippen LogP contribution is -2.27. The molecule has 0 spiro atoms. The summed E-state index contributed by atoms with van der Waals surface area (Å²) in [6.45, 7) is 3.82. The first-order chi connectivity index (χ1) is 10.2. The summed E-state index contributed by atoms with van der Waals surface area (Å²) in [5.74, 6) is 0. The van der Waals surface area contributed by atoms with Gasteiger partial charge in [0.25, 0.3) is 0 Å². The van der Waals surface area contributed by atoms with Crippen molar-refractivity contribution in [1.82, 2.24) is 5.32 Å². The van der Waals surface area contributed by atoms with E-state index in [0.29, 0.717) is 22.2 Å². The molecule has 1 saturated carbocycles. The van der Waals surface area contributed by atoms with E-state index in [4.69, 9.17) is 27.9 Å². The minimum atomic E-state index is 0.301. The summed E-state index contributed by atoms with van der Waals surface area (Å²) in [6, 6.07) is 6.15. The van der Waals surface area contributed by atoms with Gasteiger partial charge in [0.15, 0.2) is 0 Å². The second kappa shape index (κ2) is 8.99. The molecule has 0 aromatic heterocycles. The second-order valence-electron chi connectivity index (χ2n) is 5.72. The van der Waals surface area contributed by atoms with Crippen LogP contribution in [0.15, 0.2) is 18.2 Å². The molecule has 118 valence electrons. The van der Waals surface area contributed by atoms with Crippen LogP contribution in [0.1, 0.15) is 57.1 Å². The third-order valence-corrected chi connectivity index (χ3v) is 4.89. The molecule has 21 heavy (non-hydrogen) atoms. The molecule has 1 atom stereocenters. The van der Waals surface area contributed by atoms with Crippen molar-refractivity contribution in [1.29, 1.82) is 0 Å². The van der Waals surface area contributed by atoms with Gasteiger partial charge in [-0.1, -0.05) is 55.5 Å². The minimum absolute atomic E-state index is 0.301. The van der Waals surface area contributed by atoms with Gasteiger partial charge in [0, 0.05) is 12.6 Å². The van der Waals surface area contributed by atoms with Crippen molar-refractivity contribution < 1.29 is 4.74 Å². The van der Waals surface area contributed by atoms with Crippen LogP contribution in [-0.2, 0) is 4.74 Å². The summed E-state index contributed by atoms with van der Waals surface area (Å²) >= 11 is 12.1. The first kappa shape index (κ1) is 17.1. The van der Waals surface area contributed by atoms with E-state index in [0.717, 1.165) is 19.6 Å². The fraction of sp³-hybridized carbons (Fsp3) is 0.647. The summed E-state index contributed by atoms with van der Waals surface area (Å²) in [5, 5.41) is 4.77. The molecule has 0 amide bonds. The number of hydrogen-bond donors (Lipinski definition) is 1. The van der Waals surface area contributed by atoms with E-state index in [1.165, 1.54) is 37.7 Å². The zero-order chi connectivity index (χ0) is 15.1. The monoisotopic (exact) mass is 329 g/mol. The van der Waals surface area contributed by atoms with Gasteiger partial charge in [-0.15, -0.1) is 0 Å². The number of nitrogens with one attached hydrogen (secondary N) is 1. The Kier molecular flexibility index (Phi) is 7.31. The highest BCUT2D eigenvalue weighted by molar-refractivity contribution is 6.42. The van der Waals surface area contributed by atoms with E-state index in [2.05, 4.69) is 12.2 Å². The van der Waals surface area contributed by atoms with E-state index >= 15 is 0 Å². The van der Waals surface area contributed by atoms with E-state index < -0.39 is 0 Å². The Balaban J connectivity index is 1.75. The van der Waals surface area contributed by atoms with Crippen molar-refractivity contribution >= 4 is 23.2 Å². The van der Waals surface area contributed by atoms with Crippen molar-refractivity contribution in [2.24, 2.45) is 0 Å². The van der Waals surface area contributed by atoms with Crippen LogP contribution in [-0.4, -0.2) is 19.3 Å². The first-order valence-electron chi connectivity index (χ1n) is 8.00. The van der Waals surface area contributed by atoms with E-state index in [1.54, 1.807) is 0 Å². The molecule has 1 aliphatic carbocycles. The summed E-state index contributed by atoms with van der Waals surface area (Å²) in [5.41, 5.74) is 1.18. The lowest BCUT2D eigenvalue weighted by Gasteiger charge is -2.23. The maximum Gasteiger partial charge on any atom is 0.0595 e. The van der Waals surface area contributed by atoms with Crippen LogP contribution in [0.25, 0.3) is 0 Å². The Morgan fingerprint density at radius 3 is 2.62 bits per heavy atom. The van der Waals surface area contributed by atoms with Crippen molar-refractivity contribution in [3.63, 3.8) is 0 Å². The van der Waals surface area contributed by atoms with Gasteiger partial charge in [0.2, 0.25) is 0 Å². The quantitative estimate of drug-likeness (QED) is 0.677. The lowest BCUT2D eigenvalue weighted by atomic mass is 9.98. The minimum Gasteiger partial charge on any atom is -0.377 e. The van der Waals surface area contributed by atoms with Crippen LogP contribution in [0.2, 0.25) is 10.0 Å². The Morgan fingerprint density at radius 2 is 1.95 bits per heavy atom. The maximum atomic E-state index is 6.09.